The van der Waals surface area contributed by atoms with Gasteiger partial charge in [0.25, 0.3) is 0 Å². The van der Waals surface area contributed by atoms with Crippen molar-refractivity contribution in [2.75, 3.05) is 6.54 Å². The Morgan fingerprint density at radius 2 is 2.05 bits per heavy atom. The molecule has 0 fully saturated rings. The summed E-state index contributed by atoms with van der Waals surface area (Å²) in [5.41, 5.74) is 2.43. The number of nitrogens with one attached hydrogen (secondary N) is 1. The summed E-state index contributed by atoms with van der Waals surface area (Å²) in [7, 11) is 0. The summed E-state index contributed by atoms with van der Waals surface area (Å²) in [6.45, 7) is 5.21. The van der Waals surface area contributed by atoms with Crippen LogP contribution in [0, 0.1) is 6.92 Å². The summed E-state index contributed by atoms with van der Waals surface area (Å²) in [5.74, 6) is 0. The monoisotopic (exact) mass is 391 g/mol. The van der Waals surface area contributed by atoms with Gasteiger partial charge in [0, 0.05) is 9.90 Å². The summed E-state index contributed by atoms with van der Waals surface area (Å²) < 4.78 is 0.970. The van der Waals surface area contributed by atoms with Gasteiger partial charge in [0.05, 0.1) is 14.9 Å². The normalized spacial score (nSPS) is 12.7. The van der Waals surface area contributed by atoms with Gasteiger partial charge in [0.15, 0.2) is 0 Å². The molecule has 0 amide bonds. The van der Waals surface area contributed by atoms with Crippen LogP contribution in [0.1, 0.15) is 35.4 Å². The Kier molecular flexibility index (Phi) is 5.94. The number of hydrogen-bond acceptors (Lipinski definition) is 2. The molecule has 1 aromatic heterocycles. The average molecular weight is 393 g/mol. The quantitative estimate of drug-likeness (QED) is 0.637. The Hall–Kier alpha value is -0.0600. The Morgan fingerprint density at radius 1 is 1.30 bits per heavy atom. The number of hydrogen-bond donors (Lipinski definition) is 1. The van der Waals surface area contributed by atoms with Gasteiger partial charge in [-0.25, -0.2) is 0 Å². The third kappa shape index (κ3) is 3.77. The highest BCUT2D eigenvalue weighted by Crippen LogP contribution is 2.38. The van der Waals surface area contributed by atoms with E-state index in [9.17, 15) is 0 Å². The van der Waals surface area contributed by atoms with Gasteiger partial charge in [-0.05, 0) is 65.1 Å². The molecule has 2 rings (SSSR count). The van der Waals surface area contributed by atoms with Gasteiger partial charge in [-0.2, -0.15) is 0 Å². The minimum absolute atomic E-state index is 0.127. The summed E-state index contributed by atoms with van der Waals surface area (Å²) in [6.07, 6.45) is 1.08. The lowest BCUT2D eigenvalue weighted by atomic mass is 10.00. The molecule has 0 saturated carbocycles. The second-order valence-corrected chi connectivity index (χ2v) is 7.90. The van der Waals surface area contributed by atoms with Crippen molar-refractivity contribution in [1.82, 2.24) is 5.32 Å². The van der Waals surface area contributed by atoms with Crippen LogP contribution < -0.4 is 5.32 Å². The Labute approximate surface area is 142 Å². The van der Waals surface area contributed by atoms with Crippen molar-refractivity contribution in [3.05, 3.63) is 54.1 Å². The van der Waals surface area contributed by atoms with E-state index in [2.05, 4.69) is 41.2 Å². The molecule has 108 valence electrons. The molecule has 20 heavy (non-hydrogen) atoms. The molecular formula is C15H16BrCl2NS. The maximum atomic E-state index is 6.18. The molecule has 0 radical (unpaired) electrons. The van der Waals surface area contributed by atoms with E-state index in [0.29, 0.717) is 0 Å². The number of benzene rings is 1. The van der Waals surface area contributed by atoms with Crippen molar-refractivity contribution < 1.29 is 0 Å². The molecular weight excluding hydrogens is 377 g/mol. The first-order chi connectivity index (χ1) is 9.52. The second-order valence-electron chi connectivity index (χ2n) is 4.66. The molecule has 1 aromatic carbocycles. The van der Waals surface area contributed by atoms with Crippen molar-refractivity contribution in [2.45, 2.75) is 26.3 Å². The number of aryl methyl sites for hydroxylation is 1. The molecule has 1 nitrogen and oxygen atoms in total. The Morgan fingerprint density at radius 3 is 2.65 bits per heavy atom. The largest absolute Gasteiger partial charge is 0.306 e. The second kappa shape index (κ2) is 7.28. The summed E-state index contributed by atoms with van der Waals surface area (Å²) in [4.78, 5) is 1.20. The van der Waals surface area contributed by atoms with Crippen molar-refractivity contribution in [1.29, 1.82) is 0 Å². The first kappa shape index (κ1) is 16.3. The lowest BCUT2D eigenvalue weighted by Crippen LogP contribution is -2.23. The van der Waals surface area contributed by atoms with E-state index >= 15 is 0 Å². The van der Waals surface area contributed by atoms with E-state index < -0.39 is 0 Å². The van der Waals surface area contributed by atoms with E-state index in [1.807, 2.05) is 18.2 Å². The molecule has 0 aliphatic heterocycles. The number of halogens is 3. The van der Waals surface area contributed by atoms with Gasteiger partial charge >= 0.3 is 0 Å². The van der Waals surface area contributed by atoms with Gasteiger partial charge in [-0.1, -0.05) is 36.2 Å². The predicted molar refractivity (Wildman–Crippen MR) is 93.4 cm³/mol. The van der Waals surface area contributed by atoms with Crippen LogP contribution in [-0.2, 0) is 0 Å². The van der Waals surface area contributed by atoms with Crippen LogP contribution in [0.5, 0.6) is 0 Å². The first-order valence-electron chi connectivity index (χ1n) is 6.47. The Bertz CT molecular complexity index is 578. The summed E-state index contributed by atoms with van der Waals surface area (Å²) >= 11 is 17.5. The molecule has 1 atom stereocenters. The highest BCUT2D eigenvalue weighted by Gasteiger charge is 2.19. The van der Waals surface area contributed by atoms with Crippen LogP contribution >= 0.6 is 50.5 Å². The fraction of sp³-hybridized carbons (Fsp3) is 0.333. The molecule has 1 heterocycles. The molecule has 0 aliphatic rings. The number of thiophene rings is 1. The molecule has 1 unspecified atom stereocenters. The molecule has 0 spiro atoms. The molecule has 0 saturated heterocycles. The maximum Gasteiger partial charge on any atom is 0.0888 e. The van der Waals surface area contributed by atoms with Crippen LogP contribution in [0.2, 0.25) is 10.0 Å². The van der Waals surface area contributed by atoms with Crippen molar-refractivity contribution >= 4 is 50.5 Å². The molecule has 5 heteroatoms. The third-order valence-electron chi connectivity index (χ3n) is 3.10. The van der Waals surface area contributed by atoms with E-state index in [-0.39, 0.29) is 6.04 Å². The summed E-state index contributed by atoms with van der Waals surface area (Å²) in [5, 5.41) is 5.10. The minimum Gasteiger partial charge on any atom is -0.306 e. The van der Waals surface area contributed by atoms with Crippen molar-refractivity contribution in [3.63, 3.8) is 0 Å². The molecule has 0 aliphatic carbocycles. The van der Waals surface area contributed by atoms with Gasteiger partial charge in [0.2, 0.25) is 0 Å². The first-order valence-corrected chi connectivity index (χ1v) is 8.83. The lowest BCUT2D eigenvalue weighted by molar-refractivity contribution is 0.603. The smallest absolute Gasteiger partial charge is 0.0888 e. The maximum absolute atomic E-state index is 6.18. The van der Waals surface area contributed by atoms with E-state index in [0.717, 1.165) is 26.8 Å². The van der Waals surface area contributed by atoms with E-state index in [1.54, 1.807) is 11.3 Å². The molecule has 1 N–H and O–H groups in total. The zero-order chi connectivity index (χ0) is 14.7. The van der Waals surface area contributed by atoms with Crippen LogP contribution in [-0.4, -0.2) is 6.54 Å². The van der Waals surface area contributed by atoms with Crippen LogP contribution in [0.4, 0.5) is 0 Å². The molecule has 0 bridgehead atoms. The average Bonchev–Trinajstić information content (AvgIpc) is 2.74. The fourth-order valence-corrected chi connectivity index (χ4v) is 4.10. The molecule has 2 aromatic rings. The zero-order valence-corrected chi connectivity index (χ0v) is 15.3. The van der Waals surface area contributed by atoms with Crippen LogP contribution in [0.25, 0.3) is 0 Å². The topological polar surface area (TPSA) is 12.0 Å². The van der Waals surface area contributed by atoms with E-state index in [1.165, 1.54) is 16.0 Å². The van der Waals surface area contributed by atoms with Crippen LogP contribution in [0.3, 0.4) is 0 Å². The van der Waals surface area contributed by atoms with Crippen LogP contribution in [0.15, 0.2) is 28.1 Å². The fourth-order valence-electron chi connectivity index (χ4n) is 2.08. The van der Waals surface area contributed by atoms with Gasteiger partial charge in [-0.3, -0.25) is 0 Å². The highest BCUT2D eigenvalue weighted by molar-refractivity contribution is 9.11. The SMILES string of the molecule is CCCNC(c1cc(Cl)c(Br)s1)c1cc(Cl)ccc1C. The van der Waals surface area contributed by atoms with E-state index in [4.69, 9.17) is 23.2 Å². The summed E-state index contributed by atoms with van der Waals surface area (Å²) in [6, 6.07) is 8.16. The number of rotatable bonds is 5. The van der Waals surface area contributed by atoms with Gasteiger partial charge < -0.3 is 5.32 Å². The lowest BCUT2D eigenvalue weighted by Gasteiger charge is -2.20. The Balaban J connectivity index is 2.43. The van der Waals surface area contributed by atoms with Crippen molar-refractivity contribution in [3.8, 4) is 0 Å². The zero-order valence-electron chi connectivity index (χ0n) is 11.3. The van der Waals surface area contributed by atoms with Gasteiger partial charge in [-0.15, -0.1) is 11.3 Å². The van der Waals surface area contributed by atoms with Gasteiger partial charge in [0.1, 0.15) is 0 Å². The minimum atomic E-state index is 0.127. The van der Waals surface area contributed by atoms with Crippen molar-refractivity contribution in [2.24, 2.45) is 0 Å². The predicted octanol–water partition coefficient (Wildman–Crippen LogP) is 6.21. The standard InChI is InChI=1S/C15H16BrCl2NS/c1-3-6-19-14(13-8-12(18)15(16)20-13)11-7-10(17)5-4-9(11)2/h4-5,7-8,14,19H,3,6H2,1-2H3. The third-order valence-corrected chi connectivity index (χ3v) is 5.87. The highest BCUT2D eigenvalue weighted by atomic mass is 79.9.